The molecule has 0 saturated carbocycles. The maximum atomic E-state index is 12.9. The molecular weight excluding hydrogens is 300 g/mol. The SMILES string of the molecule is CCC(C)C1NC(c2cccs2)N(CC2CCSC2)C1=O. The summed E-state index contributed by atoms with van der Waals surface area (Å²) in [6.45, 7) is 5.25. The number of thiophene rings is 1. The second kappa shape index (κ2) is 6.71. The zero-order chi connectivity index (χ0) is 14.8. The molecule has 0 bridgehead atoms. The normalized spacial score (nSPS) is 31.0. The van der Waals surface area contributed by atoms with Crippen LogP contribution >= 0.6 is 23.1 Å². The molecule has 2 aliphatic heterocycles. The summed E-state index contributed by atoms with van der Waals surface area (Å²) in [5.41, 5.74) is 0. The Morgan fingerprint density at radius 1 is 1.52 bits per heavy atom. The van der Waals surface area contributed by atoms with E-state index in [2.05, 4.69) is 41.6 Å². The van der Waals surface area contributed by atoms with Gasteiger partial charge in [-0.25, -0.2) is 0 Å². The molecule has 3 heterocycles. The molecule has 4 unspecified atom stereocenters. The molecule has 3 rings (SSSR count). The van der Waals surface area contributed by atoms with Crippen molar-refractivity contribution < 1.29 is 4.79 Å². The highest BCUT2D eigenvalue weighted by Gasteiger charge is 2.42. The van der Waals surface area contributed by atoms with Gasteiger partial charge >= 0.3 is 0 Å². The van der Waals surface area contributed by atoms with E-state index < -0.39 is 0 Å². The molecule has 2 aliphatic rings. The average molecular weight is 325 g/mol. The number of carbonyl (C=O) groups excluding carboxylic acids is 1. The average Bonchev–Trinajstić information content (AvgIpc) is 3.21. The lowest BCUT2D eigenvalue weighted by Gasteiger charge is -2.26. The fourth-order valence-corrected chi connectivity index (χ4v) is 5.23. The molecule has 1 aromatic heterocycles. The van der Waals surface area contributed by atoms with Gasteiger partial charge in [0.15, 0.2) is 0 Å². The molecule has 0 aromatic carbocycles. The summed E-state index contributed by atoms with van der Waals surface area (Å²) in [5, 5.41) is 5.70. The molecule has 4 atom stereocenters. The van der Waals surface area contributed by atoms with Crippen LogP contribution in [0.25, 0.3) is 0 Å². The lowest BCUT2D eigenvalue weighted by Crippen LogP contribution is -2.37. The Hall–Kier alpha value is -0.520. The minimum atomic E-state index is -0.0174. The summed E-state index contributed by atoms with van der Waals surface area (Å²) in [6, 6.07) is 4.20. The third-order valence-corrected chi connectivity index (χ3v) is 6.86. The van der Waals surface area contributed by atoms with Gasteiger partial charge in [-0.15, -0.1) is 11.3 Å². The van der Waals surface area contributed by atoms with Crippen molar-refractivity contribution in [3.63, 3.8) is 0 Å². The topological polar surface area (TPSA) is 32.3 Å². The van der Waals surface area contributed by atoms with Crippen LogP contribution in [0.1, 0.15) is 37.7 Å². The number of nitrogens with zero attached hydrogens (tertiary/aromatic N) is 1. The van der Waals surface area contributed by atoms with Crippen molar-refractivity contribution in [1.29, 1.82) is 0 Å². The minimum Gasteiger partial charge on any atom is -0.320 e. The van der Waals surface area contributed by atoms with Gasteiger partial charge < -0.3 is 4.90 Å². The third kappa shape index (κ3) is 3.15. The Labute approximate surface area is 135 Å². The number of hydrogen-bond donors (Lipinski definition) is 1. The van der Waals surface area contributed by atoms with E-state index in [9.17, 15) is 4.79 Å². The highest BCUT2D eigenvalue weighted by Crippen LogP contribution is 2.34. The van der Waals surface area contributed by atoms with Gasteiger partial charge in [-0.05, 0) is 41.2 Å². The summed E-state index contributed by atoms with van der Waals surface area (Å²) in [4.78, 5) is 16.2. The zero-order valence-electron chi connectivity index (χ0n) is 12.7. The van der Waals surface area contributed by atoms with Gasteiger partial charge in [0, 0.05) is 11.4 Å². The van der Waals surface area contributed by atoms with Crippen molar-refractivity contribution in [2.75, 3.05) is 18.1 Å². The molecule has 1 N–H and O–H groups in total. The van der Waals surface area contributed by atoms with Crippen LogP contribution in [0.15, 0.2) is 17.5 Å². The van der Waals surface area contributed by atoms with Crippen LogP contribution in [-0.2, 0) is 4.79 Å². The fourth-order valence-electron chi connectivity index (χ4n) is 3.16. The minimum absolute atomic E-state index is 0.0174. The second-order valence-corrected chi connectivity index (χ2v) is 8.30. The van der Waals surface area contributed by atoms with Crippen molar-refractivity contribution >= 4 is 29.0 Å². The number of hydrogen-bond acceptors (Lipinski definition) is 4. The first-order chi connectivity index (χ1) is 10.2. The summed E-state index contributed by atoms with van der Waals surface area (Å²) < 4.78 is 0. The lowest BCUT2D eigenvalue weighted by atomic mass is 9.99. The molecular formula is C16H24N2OS2. The number of thioether (sulfide) groups is 1. The van der Waals surface area contributed by atoms with E-state index in [4.69, 9.17) is 0 Å². The third-order valence-electron chi connectivity index (χ3n) is 4.70. The zero-order valence-corrected chi connectivity index (χ0v) is 14.4. The largest absolute Gasteiger partial charge is 0.320 e. The van der Waals surface area contributed by atoms with Gasteiger partial charge in [0.05, 0.1) is 6.04 Å². The highest BCUT2D eigenvalue weighted by molar-refractivity contribution is 7.99. The molecule has 116 valence electrons. The maximum Gasteiger partial charge on any atom is 0.241 e. The lowest BCUT2D eigenvalue weighted by molar-refractivity contribution is -0.131. The van der Waals surface area contributed by atoms with E-state index in [0.717, 1.165) is 13.0 Å². The molecule has 1 aromatic rings. The van der Waals surface area contributed by atoms with Crippen molar-refractivity contribution in [2.24, 2.45) is 11.8 Å². The Kier molecular flexibility index (Phi) is 4.92. The molecule has 0 spiro atoms. The number of nitrogens with one attached hydrogen (secondary N) is 1. The van der Waals surface area contributed by atoms with Crippen LogP contribution in [0.2, 0.25) is 0 Å². The molecule has 1 amide bonds. The first-order valence-electron chi connectivity index (χ1n) is 7.88. The van der Waals surface area contributed by atoms with Gasteiger partial charge in [0.25, 0.3) is 0 Å². The van der Waals surface area contributed by atoms with Crippen LogP contribution in [0.4, 0.5) is 0 Å². The van der Waals surface area contributed by atoms with Gasteiger partial charge in [0.1, 0.15) is 6.17 Å². The summed E-state index contributed by atoms with van der Waals surface area (Å²) in [5.74, 6) is 3.81. The van der Waals surface area contributed by atoms with Crippen LogP contribution in [0.5, 0.6) is 0 Å². The van der Waals surface area contributed by atoms with Crippen molar-refractivity contribution in [3.8, 4) is 0 Å². The Bertz CT molecular complexity index is 471. The van der Waals surface area contributed by atoms with E-state index in [0.29, 0.717) is 17.7 Å². The van der Waals surface area contributed by atoms with E-state index in [1.165, 1.54) is 22.8 Å². The van der Waals surface area contributed by atoms with Crippen LogP contribution in [0, 0.1) is 11.8 Å². The molecule has 0 aliphatic carbocycles. The van der Waals surface area contributed by atoms with Crippen LogP contribution in [-0.4, -0.2) is 34.9 Å². The Balaban J connectivity index is 1.79. The molecule has 2 fully saturated rings. The number of carbonyl (C=O) groups is 1. The van der Waals surface area contributed by atoms with Crippen molar-refractivity contribution in [2.45, 2.75) is 38.9 Å². The van der Waals surface area contributed by atoms with Gasteiger partial charge in [0.2, 0.25) is 5.91 Å². The molecule has 5 heteroatoms. The Morgan fingerprint density at radius 2 is 2.38 bits per heavy atom. The summed E-state index contributed by atoms with van der Waals surface area (Å²) >= 11 is 3.76. The van der Waals surface area contributed by atoms with Gasteiger partial charge in [-0.3, -0.25) is 10.1 Å². The molecule has 21 heavy (non-hydrogen) atoms. The van der Waals surface area contributed by atoms with E-state index in [1.807, 2.05) is 11.8 Å². The summed E-state index contributed by atoms with van der Waals surface area (Å²) in [7, 11) is 0. The first kappa shape index (κ1) is 15.4. The second-order valence-electron chi connectivity index (χ2n) is 6.17. The standard InChI is InChI=1S/C16H24N2OS2/c1-3-11(2)14-16(19)18(9-12-6-8-20-10-12)15(17-14)13-5-4-7-21-13/h4-5,7,11-12,14-15,17H,3,6,8-10H2,1-2H3. The van der Waals surface area contributed by atoms with Gasteiger partial charge in [-0.2, -0.15) is 11.8 Å². The van der Waals surface area contributed by atoms with Crippen molar-refractivity contribution in [1.82, 2.24) is 10.2 Å². The van der Waals surface area contributed by atoms with E-state index in [1.54, 1.807) is 11.3 Å². The first-order valence-corrected chi connectivity index (χ1v) is 9.91. The molecule has 3 nitrogen and oxygen atoms in total. The summed E-state index contributed by atoms with van der Waals surface area (Å²) in [6.07, 6.45) is 2.37. The van der Waals surface area contributed by atoms with Crippen molar-refractivity contribution in [3.05, 3.63) is 22.4 Å². The maximum absolute atomic E-state index is 12.9. The smallest absolute Gasteiger partial charge is 0.241 e. The predicted molar refractivity (Wildman–Crippen MR) is 90.6 cm³/mol. The quantitative estimate of drug-likeness (QED) is 0.901. The van der Waals surface area contributed by atoms with E-state index >= 15 is 0 Å². The van der Waals surface area contributed by atoms with Gasteiger partial charge in [-0.1, -0.05) is 26.3 Å². The molecule has 0 radical (unpaired) electrons. The Morgan fingerprint density at radius 3 is 3.00 bits per heavy atom. The predicted octanol–water partition coefficient (Wildman–Crippen LogP) is 3.35. The van der Waals surface area contributed by atoms with E-state index in [-0.39, 0.29) is 12.2 Å². The highest BCUT2D eigenvalue weighted by atomic mass is 32.2. The number of rotatable bonds is 5. The molecule has 2 saturated heterocycles. The monoisotopic (exact) mass is 324 g/mol. The van der Waals surface area contributed by atoms with Crippen LogP contribution < -0.4 is 5.32 Å². The fraction of sp³-hybridized carbons (Fsp3) is 0.688. The number of amides is 1. The van der Waals surface area contributed by atoms with Crippen LogP contribution in [0.3, 0.4) is 0 Å².